The second kappa shape index (κ2) is 9.93. The van der Waals surface area contributed by atoms with Crippen LogP contribution >= 0.6 is 0 Å². The lowest BCUT2D eigenvalue weighted by Crippen LogP contribution is -2.36. The van der Waals surface area contributed by atoms with Gasteiger partial charge in [0.15, 0.2) is 0 Å². The van der Waals surface area contributed by atoms with E-state index >= 15 is 0 Å². The predicted octanol–water partition coefficient (Wildman–Crippen LogP) is 5.50. The van der Waals surface area contributed by atoms with E-state index in [0.717, 1.165) is 49.5 Å². The van der Waals surface area contributed by atoms with E-state index in [-0.39, 0.29) is 5.60 Å². The van der Waals surface area contributed by atoms with Gasteiger partial charge in [-0.1, -0.05) is 18.2 Å². The second-order valence-electron chi connectivity index (χ2n) is 8.31. The molecule has 0 spiro atoms. The third-order valence-electron chi connectivity index (χ3n) is 5.77. The van der Waals surface area contributed by atoms with E-state index in [1.54, 1.807) is 14.2 Å². The molecule has 156 valence electrons. The number of ether oxygens (including phenoxy) is 3. The Hall–Kier alpha value is -2.33. The Bertz CT molecular complexity index is 798. The molecule has 29 heavy (non-hydrogen) atoms. The van der Waals surface area contributed by atoms with Crippen molar-refractivity contribution in [3.05, 3.63) is 59.7 Å². The Morgan fingerprint density at radius 2 is 1.86 bits per heavy atom. The van der Waals surface area contributed by atoms with Crippen molar-refractivity contribution in [2.45, 2.75) is 44.6 Å². The van der Waals surface area contributed by atoms with Crippen LogP contribution in [0.3, 0.4) is 0 Å². The summed E-state index contributed by atoms with van der Waals surface area (Å²) in [5.41, 5.74) is 2.31. The fraction of sp³-hybridized carbons (Fsp3) is 0.480. The molecule has 0 amide bonds. The van der Waals surface area contributed by atoms with Gasteiger partial charge in [0, 0.05) is 19.4 Å². The van der Waals surface area contributed by atoms with E-state index in [9.17, 15) is 0 Å². The molecule has 1 aliphatic heterocycles. The van der Waals surface area contributed by atoms with Gasteiger partial charge < -0.3 is 14.2 Å². The molecule has 1 saturated heterocycles. The molecular weight excluding hydrogens is 362 g/mol. The van der Waals surface area contributed by atoms with Gasteiger partial charge in [-0.05, 0) is 86.4 Å². The SMILES string of the molecule is COc1ccc(C=NCC[C@H](c2ccccc2OC)[C@H]2CCOC(C)(C)C2)cc1. The van der Waals surface area contributed by atoms with Gasteiger partial charge >= 0.3 is 0 Å². The van der Waals surface area contributed by atoms with Gasteiger partial charge in [-0.3, -0.25) is 4.99 Å². The molecule has 4 nitrogen and oxygen atoms in total. The van der Waals surface area contributed by atoms with Gasteiger partial charge in [-0.25, -0.2) is 0 Å². The second-order valence-corrected chi connectivity index (χ2v) is 8.31. The van der Waals surface area contributed by atoms with Crippen molar-refractivity contribution in [2.24, 2.45) is 10.9 Å². The van der Waals surface area contributed by atoms with Gasteiger partial charge in [0.25, 0.3) is 0 Å². The average molecular weight is 396 g/mol. The number of rotatable bonds is 8. The monoisotopic (exact) mass is 395 g/mol. The molecule has 4 heteroatoms. The molecule has 0 bridgehead atoms. The lowest BCUT2D eigenvalue weighted by molar-refractivity contribution is -0.0771. The minimum absolute atomic E-state index is 0.0739. The fourth-order valence-corrected chi connectivity index (χ4v) is 4.31. The first-order chi connectivity index (χ1) is 14.0. The summed E-state index contributed by atoms with van der Waals surface area (Å²) in [6.07, 6.45) is 5.08. The molecular formula is C25H33NO3. The van der Waals surface area contributed by atoms with Crippen LogP contribution in [0.4, 0.5) is 0 Å². The molecule has 2 aromatic carbocycles. The lowest BCUT2D eigenvalue weighted by Gasteiger charge is -2.39. The highest BCUT2D eigenvalue weighted by Crippen LogP contribution is 2.42. The zero-order valence-electron chi connectivity index (χ0n) is 18.1. The van der Waals surface area contributed by atoms with Crippen LogP contribution in [0.1, 0.15) is 50.2 Å². The normalized spacial score (nSPS) is 19.8. The summed E-state index contributed by atoms with van der Waals surface area (Å²) in [5, 5.41) is 0. The van der Waals surface area contributed by atoms with Gasteiger partial charge in [-0.2, -0.15) is 0 Å². The molecule has 0 aliphatic carbocycles. The average Bonchev–Trinajstić information content (AvgIpc) is 2.73. The highest BCUT2D eigenvalue weighted by atomic mass is 16.5. The third-order valence-corrected chi connectivity index (χ3v) is 5.77. The Labute approximate surface area is 174 Å². The zero-order chi connectivity index (χ0) is 20.7. The van der Waals surface area contributed by atoms with E-state index < -0.39 is 0 Å². The first-order valence-corrected chi connectivity index (χ1v) is 10.4. The summed E-state index contributed by atoms with van der Waals surface area (Å²) < 4.78 is 16.9. The number of aliphatic imine (C=N–C) groups is 1. The van der Waals surface area contributed by atoms with Crippen molar-refractivity contribution >= 4 is 6.21 Å². The maximum Gasteiger partial charge on any atom is 0.122 e. The van der Waals surface area contributed by atoms with E-state index in [4.69, 9.17) is 19.2 Å². The summed E-state index contributed by atoms with van der Waals surface area (Å²) in [5.74, 6) is 2.80. The van der Waals surface area contributed by atoms with Gasteiger partial charge in [0.2, 0.25) is 0 Å². The molecule has 1 aliphatic rings. The van der Waals surface area contributed by atoms with Crippen LogP contribution in [-0.4, -0.2) is 39.2 Å². The number of hydrogen-bond acceptors (Lipinski definition) is 4. The number of methoxy groups -OCH3 is 2. The van der Waals surface area contributed by atoms with Crippen molar-refractivity contribution in [3.63, 3.8) is 0 Å². The Kier molecular flexibility index (Phi) is 7.32. The van der Waals surface area contributed by atoms with Crippen LogP contribution in [0, 0.1) is 5.92 Å². The first kappa shape index (κ1) is 21.4. The number of hydrogen-bond donors (Lipinski definition) is 0. The lowest BCUT2D eigenvalue weighted by atomic mass is 9.75. The summed E-state index contributed by atoms with van der Waals surface area (Å²) in [7, 11) is 3.43. The maximum atomic E-state index is 5.97. The molecule has 1 fully saturated rings. The van der Waals surface area contributed by atoms with Crippen LogP contribution < -0.4 is 9.47 Å². The molecule has 2 atom stereocenters. The van der Waals surface area contributed by atoms with Crippen molar-refractivity contribution in [3.8, 4) is 11.5 Å². The van der Waals surface area contributed by atoms with E-state index in [1.807, 2.05) is 36.5 Å². The van der Waals surface area contributed by atoms with E-state index in [0.29, 0.717) is 11.8 Å². The minimum Gasteiger partial charge on any atom is -0.497 e. The molecule has 0 unspecified atom stereocenters. The highest BCUT2D eigenvalue weighted by molar-refractivity contribution is 5.79. The summed E-state index contributed by atoms with van der Waals surface area (Å²) in [4.78, 5) is 4.71. The van der Waals surface area contributed by atoms with Gasteiger partial charge in [-0.15, -0.1) is 0 Å². The number of para-hydroxylation sites is 1. The van der Waals surface area contributed by atoms with Crippen LogP contribution in [-0.2, 0) is 4.74 Å². The quantitative estimate of drug-likeness (QED) is 0.554. The molecule has 2 aromatic rings. The molecule has 0 saturated carbocycles. The van der Waals surface area contributed by atoms with Crippen LogP contribution in [0.5, 0.6) is 11.5 Å². The molecule has 3 rings (SSSR count). The van der Waals surface area contributed by atoms with Crippen LogP contribution in [0.15, 0.2) is 53.5 Å². The Balaban J connectivity index is 1.73. The third kappa shape index (κ3) is 5.83. The predicted molar refractivity (Wildman–Crippen MR) is 119 cm³/mol. The van der Waals surface area contributed by atoms with Crippen LogP contribution in [0.25, 0.3) is 0 Å². The summed E-state index contributed by atoms with van der Waals surface area (Å²) in [6, 6.07) is 16.4. The smallest absolute Gasteiger partial charge is 0.122 e. The van der Waals surface area contributed by atoms with E-state index in [1.165, 1.54) is 5.56 Å². The maximum absolute atomic E-state index is 5.97. The van der Waals surface area contributed by atoms with Crippen molar-refractivity contribution < 1.29 is 14.2 Å². The molecule has 0 N–H and O–H groups in total. The summed E-state index contributed by atoms with van der Waals surface area (Å²) in [6.45, 7) is 5.99. The minimum atomic E-state index is -0.0739. The highest BCUT2D eigenvalue weighted by Gasteiger charge is 2.34. The van der Waals surface area contributed by atoms with Crippen molar-refractivity contribution in [1.82, 2.24) is 0 Å². The summed E-state index contributed by atoms with van der Waals surface area (Å²) >= 11 is 0. The van der Waals surface area contributed by atoms with Gasteiger partial charge in [0.1, 0.15) is 11.5 Å². The van der Waals surface area contributed by atoms with Gasteiger partial charge in [0.05, 0.1) is 19.8 Å². The van der Waals surface area contributed by atoms with Crippen molar-refractivity contribution in [1.29, 1.82) is 0 Å². The van der Waals surface area contributed by atoms with Crippen molar-refractivity contribution in [2.75, 3.05) is 27.4 Å². The zero-order valence-corrected chi connectivity index (χ0v) is 18.1. The van der Waals surface area contributed by atoms with Crippen LogP contribution in [0.2, 0.25) is 0 Å². The Morgan fingerprint density at radius 3 is 2.55 bits per heavy atom. The largest absolute Gasteiger partial charge is 0.497 e. The number of nitrogens with zero attached hydrogens (tertiary/aromatic N) is 1. The topological polar surface area (TPSA) is 40.0 Å². The first-order valence-electron chi connectivity index (χ1n) is 10.4. The molecule has 0 aromatic heterocycles. The fourth-order valence-electron chi connectivity index (χ4n) is 4.31. The standard InChI is InChI=1S/C25H33NO3/c1-25(2)17-20(14-16-29-25)22(23-7-5-6-8-24(23)28-4)13-15-26-18-19-9-11-21(27-3)12-10-19/h5-12,18,20,22H,13-17H2,1-4H3/t20-,22-/m0/s1. The molecule has 0 radical (unpaired) electrons. The molecule has 1 heterocycles. The van der Waals surface area contributed by atoms with E-state index in [2.05, 4.69) is 32.0 Å². The number of benzene rings is 2. The Morgan fingerprint density at radius 1 is 1.10 bits per heavy atom.